The zero-order chi connectivity index (χ0) is 28.2. The van der Waals surface area contributed by atoms with E-state index in [0.29, 0.717) is 17.7 Å². The molecule has 0 saturated carbocycles. The number of nitrogens with one attached hydrogen (secondary N) is 4. The minimum Gasteiger partial charge on any atom is -0.481 e. The number of fused-ring (bicyclic) bond motifs is 1. The van der Waals surface area contributed by atoms with Crippen molar-refractivity contribution in [2.45, 2.75) is 49.9 Å². The molecule has 4 unspecified atom stereocenters. The number of aliphatic carboxylic acids is 2. The van der Waals surface area contributed by atoms with Crippen LogP contribution in [0.25, 0.3) is 10.9 Å². The Morgan fingerprint density at radius 3 is 2.24 bits per heavy atom. The molecule has 2 aromatic rings. The zero-order valence-corrected chi connectivity index (χ0v) is 22.5. The lowest BCUT2D eigenvalue weighted by Crippen LogP contribution is -2.58. The van der Waals surface area contributed by atoms with E-state index in [1.807, 2.05) is 30.5 Å². The Morgan fingerprint density at radius 2 is 1.61 bits per heavy atom. The number of carbonyl (C=O) groups is 5. The summed E-state index contributed by atoms with van der Waals surface area (Å²) in [5, 5.41) is 26.6. The molecule has 0 aliphatic rings. The van der Waals surface area contributed by atoms with E-state index in [-0.39, 0.29) is 18.6 Å². The molecule has 208 valence electrons. The molecule has 0 bridgehead atoms. The van der Waals surface area contributed by atoms with Crippen molar-refractivity contribution < 1.29 is 34.2 Å². The van der Waals surface area contributed by atoms with Crippen LogP contribution in [0.3, 0.4) is 0 Å². The van der Waals surface area contributed by atoms with E-state index >= 15 is 0 Å². The molecule has 38 heavy (non-hydrogen) atoms. The molecule has 0 radical (unpaired) electrons. The van der Waals surface area contributed by atoms with Crippen LogP contribution < -0.4 is 21.7 Å². The number of aromatic amines is 1. The summed E-state index contributed by atoms with van der Waals surface area (Å²) in [6.45, 7) is 0. The molecule has 12 nitrogen and oxygen atoms in total. The second-order valence-corrected chi connectivity index (χ2v) is 9.94. The van der Waals surface area contributed by atoms with Crippen molar-refractivity contribution in [1.82, 2.24) is 20.9 Å². The van der Waals surface area contributed by atoms with Crippen LogP contribution in [0.15, 0.2) is 30.5 Å². The summed E-state index contributed by atoms with van der Waals surface area (Å²) in [6, 6.07) is 2.67. The number of carboxylic acid groups (broad SMARTS) is 2. The van der Waals surface area contributed by atoms with Crippen LogP contribution in [0.5, 0.6) is 0 Å². The molecule has 2 rings (SSSR count). The summed E-state index contributed by atoms with van der Waals surface area (Å²) in [7, 11) is 0. The topological polar surface area (TPSA) is 204 Å². The maximum atomic E-state index is 13.2. The van der Waals surface area contributed by atoms with Crippen LogP contribution in [0, 0.1) is 0 Å². The van der Waals surface area contributed by atoms with E-state index < -0.39 is 60.2 Å². The van der Waals surface area contributed by atoms with Gasteiger partial charge in [-0.1, -0.05) is 18.2 Å². The molecule has 4 atom stereocenters. The first-order valence-corrected chi connectivity index (χ1v) is 13.9. The second kappa shape index (κ2) is 15.2. The van der Waals surface area contributed by atoms with Crippen LogP contribution in [0.4, 0.5) is 0 Å². The van der Waals surface area contributed by atoms with Gasteiger partial charge in [-0.3, -0.25) is 19.2 Å². The third kappa shape index (κ3) is 9.26. The summed E-state index contributed by atoms with van der Waals surface area (Å²) in [5.74, 6) is -4.10. The van der Waals surface area contributed by atoms with Crippen molar-refractivity contribution in [3.63, 3.8) is 0 Å². The summed E-state index contributed by atoms with van der Waals surface area (Å²) in [5.41, 5.74) is 7.37. The van der Waals surface area contributed by atoms with Crippen LogP contribution >= 0.6 is 24.4 Å². The zero-order valence-electron chi connectivity index (χ0n) is 20.8. The monoisotopic (exact) mass is 567 g/mol. The van der Waals surface area contributed by atoms with Crippen LogP contribution in [-0.2, 0) is 30.4 Å². The predicted octanol–water partition coefficient (Wildman–Crippen LogP) is 0.124. The number of benzene rings is 1. The van der Waals surface area contributed by atoms with Crippen LogP contribution in [0.1, 0.15) is 24.8 Å². The van der Waals surface area contributed by atoms with Gasteiger partial charge in [-0.25, -0.2) is 4.79 Å². The molecular formula is C24H33N5O7S2. The molecule has 0 aliphatic heterocycles. The van der Waals surface area contributed by atoms with Crippen LogP contribution in [0.2, 0.25) is 0 Å². The summed E-state index contributed by atoms with van der Waals surface area (Å²) in [6.07, 6.45) is 3.15. The van der Waals surface area contributed by atoms with Crippen molar-refractivity contribution in [1.29, 1.82) is 0 Å². The maximum absolute atomic E-state index is 13.2. The van der Waals surface area contributed by atoms with Gasteiger partial charge in [0.25, 0.3) is 0 Å². The van der Waals surface area contributed by atoms with E-state index in [4.69, 9.17) is 10.8 Å². The molecule has 0 aliphatic carbocycles. The summed E-state index contributed by atoms with van der Waals surface area (Å²) >= 11 is 5.68. The Morgan fingerprint density at radius 1 is 0.974 bits per heavy atom. The van der Waals surface area contributed by atoms with Crippen molar-refractivity contribution in [3.8, 4) is 0 Å². The molecule has 0 saturated heterocycles. The van der Waals surface area contributed by atoms with E-state index in [1.54, 1.807) is 6.20 Å². The molecule has 8 N–H and O–H groups in total. The maximum Gasteiger partial charge on any atom is 0.326 e. The standard InChI is InChI=1S/C24H33N5O7S2/c1-38-9-8-15(25)21(32)29-19(12-37)23(34)28-18(10-13-11-26-16-5-3-2-4-14(13)16)22(33)27-17(24(35)36)6-7-20(30)31/h2-5,11,15,17-19,26,37H,6-10,12,25H2,1H3,(H,27,33)(H,28,34)(H,29,32)(H,30,31)(H,35,36). The average molecular weight is 568 g/mol. The Balaban J connectivity index is 2.24. The molecule has 1 aromatic carbocycles. The Kier molecular flexibility index (Phi) is 12.4. The Bertz CT molecular complexity index is 1140. The highest BCUT2D eigenvalue weighted by Crippen LogP contribution is 2.19. The van der Waals surface area contributed by atoms with Gasteiger partial charge >= 0.3 is 11.9 Å². The highest BCUT2D eigenvalue weighted by molar-refractivity contribution is 7.98. The van der Waals surface area contributed by atoms with E-state index in [1.165, 1.54) is 11.8 Å². The van der Waals surface area contributed by atoms with Crippen molar-refractivity contribution in [2.24, 2.45) is 5.73 Å². The van der Waals surface area contributed by atoms with Crippen molar-refractivity contribution in [2.75, 3.05) is 17.8 Å². The molecule has 0 spiro atoms. The lowest BCUT2D eigenvalue weighted by molar-refractivity contribution is -0.143. The highest BCUT2D eigenvalue weighted by atomic mass is 32.2. The molecule has 0 fully saturated rings. The first-order valence-electron chi connectivity index (χ1n) is 11.8. The van der Waals surface area contributed by atoms with Gasteiger partial charge in [-0.2, -0.15) is 24.4 Å². The van der Waals surface area contributed by atoms with Crippen LogP contribution in [-0.4, -0.2) is 86.8 Å². The van der Waals surface area contributed by atoms with E-state index in [9.17, 15) is 29.1 Å². The predicted molar refractivity (Wildman–Crippen MR) is 147 cm³/mol. The number of amides is 3. The Labute approximate surface area is 229 Å². The number of carboxylic acids is 2. The van der Waals surface area contributed by atoms with Gasteiger partial charge in [0.05, 0.1) is 6.04 Å². The first kappa shape index (κ1) is 31.0. The van der Waals surface area contributed by atoms with E-state index in [0.717, 1.165) is 10.9 Å². The first-order chi connectivity index (χ1) is 18.1. The van der Waals surface area contributed by atoms with Gasteiger partial charge in [-0.15, -0.1) is 0 Å². The lowest BCUT2D eigenvalue weighted by Gasteiger charge is -2.24. The molecule has 14 heteroatoms. The largest absolute Gasteiger partial charge is 0.481 e. The third-order valence-corrected chi connectivity index (χ3v) is 6.79. The quantitative estimate of drug-likeness (QED) is 0.130. The van der Waals surface area contributed by atoms with Gasteiger partial charge in [0.2, 0.25) is 17.7 Å². The fraction of sp³-hybridized carbons (Fsp3) is 0.458. The number of carbonyl (C=O) groups excluding carboxylic acids is 3. The van der Waals surface area contributed by atoms with Gasteiger partial charge in [0.1, 0.15) is 18.1 Å². The van der Waals surface area contributed by atoms with Crippen molar-refractivity contribution in [3.05, 3.63) is 36.0 Å². The van der Waals surface area contributed by atoms with E-state index in [2.05, 4.69) is 33.6 Å². The fourth-order valence-corrected chi connectivity index (χ4v) is 4.40. The Hall–Kier alpha value is -3.23. The second-order valence-electron chi connectivity index (χ2n) is 8.59. The van der Waals surface area contributed by atoms with Crippen molar-refractivity contribution >= 4 is 65.0 Å². The minimum atomic E-state index is -1.48. The molecule has 3 amide bonds. The minimum absolute atomic E-state index is 0.00662. The lowest BCUT2D eigenvalue weighted by atomic mass is 10.0. The number of hydrogen-bond acceptors (Lipinski definition) is 8. The average Bonchev–Trinajstić information content (AvgIpc) is 3.29. The fourth-order valence-electron chi connectivity index (χ4n) is 3.65. The number of hydrogen-bond donors (Lipinski definition) is 8. The third-order valence-electron chi connectivity index (χ3n) is 5.78. The normalized spacial score (nSPS) is 14.2. The summed E-state index contributed by atoms with van der Waals surface area (Å²) in [4.78, 5) is 64.3. The SMILES string of the molecule is CSCCC(N)C(=O)NC(CS)C(=O)NC(Cc1c[nH]c2ccccc12)C(=O)NC(CCC(=O)O)C(=O)O. The highest BCUT2D eigenvalue weighted by Gasteiger charge is 2.30. The van der Waals surface area contributed by atoms with Gasteiger partial charge in [0.15, 0.2) is 0 Å². The number of nitrogens with two attached hydrogens (primary N) is 1. The summed E-state index contributed by atoms with van der Waals surface area (Å²) < 4.78 is 0. The van der Waals surface area contributed by atoms with Gasteiger partial charge in [-0.05, 0) is 36.5 Å². The molecule has 1 heterocycles. The molecular weight excluding hydrogens is 534 g/mol. The molecule has 1 aromatic heterocycles. The number of thioether (sulfide) groups is 1. The number of H-pyrrole nitrogens is 1. The number of aromatic nitrogens is 1. The number of rotatable bonds is 16. The number of para-hydroxylation sites is 1. The number of thiol groups is 1. The van der Waals surface area contributed by atoms with Gasteiger partial charge < -0.3 is 36.9 Å². The smallest absolute Gasteiger partial charge is 0.326 e. The van der Waals surface area contributed by atoms with Gasteiger partial charge in [0, 0.05) is 35.7 Å².